The SMILES string of the molecule is CCCCN(CCC[N+](C)(C)C)C(=O)CN1CC(c2ccc3c(c2)OCO3)C(C(=O)O)C1CC(C)CCC. The Hall–Kier alpha value is -2.32. The van der Waals surface area contributed by atoms with Gasteiger partial charge in [-0.25, -0.2) is 0 Å². The first kappa shape index (κ1) is 30.2. The maximum absolute atomic E-state index is 13.7. The number of hydrogen-bond donors (Lipinski definition) is 1. The number of quaternary nitrogens is 1. The molecule has 1 aromatic rings. The molecule has 3 rings (SSSR count). The van der Waals surface area contributed by atoms with Gasteiger partial charge in [-0.1, -0.05) is 46.1 Å². The van der Waals surface area contributed by atoms with Crippen LogP contribution < -0.4 is 9.47 Å². The van der Waals surface area contributed by atoms with E-state index in [9.17, 15) is 14.7 Å². The number of unbranched alkanes of at least 4 members (excludes halogenated alkanes) is 1. The van der Waals surface area contributed by atoms with Crippen molar-refractivity contribution in [2.75, 3.05) is 60.7 Å². The molecule has 0 spiro atoms. The number of rotatable bonds is 15. The number of benzene rings is 1. The van der Waals surface area contributed by atoms with E-state index in [0.29, 0.717) is 24.0 Å². The zero-order valence-corrected chi connectivity index (χ0v) is 24.4. The molecular weight excluding hydrogens is 482 g/mol. The first-order valence-corrected chi connectivity index (χ1v) is 14.5. The molecule has 38 heavy (non-hydrogen) atoms. The number of fused-ring (bicyclic) bond motifs is 1. The van der Waals surface area contributed by atoms with Crippen LogP contribution in [0.3, 0.4) is 0 Å². The van der Waals surface area contributed by atoms with Gasteiger partial charge in [-0.15, -0.1) is 0 Å². The van der Waals surface area contributed by atoms with Crippen molar-refractivity contribution in [1.82, 2.24) is 9.80 Å². The Labute approximate surface area is 229 Å². The summed E-state index contributed by atoms with van der Waals surface area (Å²) in [5, 5.41) is 10.4. The summed E-state index contributed by atoms with van der Waals surface area (Å²) in [6.45, 7) is 10.0. The third kappa shape index (κ3) is 8.09. The molecule has 1 amide bonds. The molecule has 4 atom stereocenters. The van der Waals surface area contributed by atoms with E-state index >= 15 is 0 Å². The summed E-state index contributed by atoms with van der Waals surface area (Å²) in [5.74, 6) is 0.284. The van der Waals surface area contributed by atoms with Gasteiger partial charge in [0.25, 0.3) is 0 Å². The summed E-state index contributed by atoms with van der Waals surface area (Å²) in [4.78, 5) is 30.6. The molecule has 0 saturated carbocycles. The molecule has 0 radical (unpaired) electrons. The third-order valence-corrected chi connectivity index (χ3v) is 8.01. The standard InChI is InChI=1S/C30H49N3O5/c1-7-9-14-31(15-10-16-33(4,5)6)28(34)20-32-19-24(23-12-13-26-27(18-23)38-21-37-26)29(30(35)36)25(32)17-22(3)11-8-2/h12-13,18,22,24-25,29H,7-11,14-17,19-21H2,1-6H3/p+1. The molecule has 8 nitrogen and oxygen atoms in total. The van der Waals surface area contributed by atoms with Crippen molar-refractivity contribution in [3.63, 3.8) is 0 Å². The smallest absolute Gasteiger partial charge is 0.308 e. The highest BCUT2D eigenvalue weighted by atomic mass is 16.7. The summed E-state index contributed by atoms with van der Waals surface area (Å²) >= 11 is 0. The fraction of sp³-hybridized carbons (Fsp3) is 0.733. The summed E-state index contributed by atoms with van der Waals surface area (Å²) in [6.07, 6.45) is 5.85. The van der Waals surface area contributed by atoms with Gasteiger partial charge in [-0.3, -0.25) is 14.5 Å². The highest BCUT2D eigenvalue weighted by molar-refractivity contribution is 5.79. The van der Waals surface area contributed by atoms with E-state index in [2.05, 4.69) is 46.8 Å². The van der Waals surface area contributed by atoms with E-state index in [1.54, 1.807) is 0 Å². The van der Waals surface area contributed by atoms with Crippen molar-refractivity contribution in [3.8, 4) is 11.5 Å². The van der Waals surface area contributed by atoms with Crippen LogP contribution in [0.4, 0.5) is 0 Å². The largest absolute Gasteiger partial charge is 0.481 e. The zero-order valence-electron chi connectivity index (χ0n) is 24.4. The molecule has 8 heteroatoms. The Kier molecular flexibility index (Phi) is 10.9. The Balaban J connectivity index is 1.83. The second-order valence-electron chi connectivity index (χ2n) is 12.3. The van der Waals surface area contributed by atoms with E-state index in [4.69, 9.17) is 9.47 Å². The number of carboxylic acid groups (broad SMARTS) is 1. The van der Waals surface area contributed by atoms with Crippen LogP contribution in [0, 0.1) is 11.8 Å². The lowest BCUT2D eigenvalue weighted by Gasteiger charge is -2.32. The van der Waals surface area contributed by atoms with Crippen molar-refractivity contribution < 1.29 is 28.7 Å². The van der Waals surface area contributed by atoms with Crippen molar-refractivity contribution in [2.45, 2.75) is 71.3 Å². The molecule has 214 valence electrons. The topological polar surface area (TPSA) is 79.3 Å². The first-order chi connectivity index (χ1) is 18.0. The van der Waals surface area contributed by atoms with Crippen LogP contribution in [-0.4, -0.2) is 98.0 Å². The van der Waals surface area contributed by atoms with Crippen LogP contribution in [0.1, 0.15) is 70.8 Å². The lowest BCUT2D eigenvalue weighted by atomic mass is 9.81. The minimum absolute atomic E-state index is 0.114. The quantitative estimate of drug-likeness (QED) is 0.337. The van der Waals surface area contributed by atoms with Gasteiger partial charge in [0.1, 0.15) is 0 Å². The molecule has 1 saturated heterocycles. The Bertz CT molecular complexity index is 931. The normalized spacial score (nSPS) is 22.0. The van der Waals surface area contributed by atoms with Crippen LogP contribution in [0.5, 0.6) is 11.5 Å². The van der Waals surface area contributed by atoms with Gasteiger partial charge in [-0.05, 0) is 36.5 Å². The monoisotopic (exact) mass is 532 g/mol. The predicted molar refractivity (Wildman–Crippen MR) is 149 cm³/mol. The van der Waals surface area contributed by atoms with Gasteiger partial charge in [-0.2, -0.15) is 0 Å². The fourth-order valence-electron chi connectivity index (χ4n) is 6.01. The highest BCUT2D eigenvalue weighted by Gasteiger charge is 2.47. The summed E-state index contributed by atoms with van der Waals surface area (Å²) in [7, 11) is 6.52. The molecule has 0 bridgehead atoms. The van der Waals surface area contributed by atoms with Gasteiger partial charge in [0.15, 0.2) is 11.5 Å². The lowest BCUT2D eigenvalue weighted by Crippen LogP contribution is -2.46. The van der Waals surface area contributed by atoms with Crippen molar-refractivity contribution in [1.29, 1.82) is 0 Å². The third-order valence-electron chi connectivity index (χ3n) is 8.01. The Morgan fingerprint density at radius 1 is 1.11 bits per heavy atom. The molecule has 2 heterocycles. The van der Waals surface area contributed by atoms with Gasteiger partial charge < -0.3 is 24.0 Å². The van der Waals surface area contributed by atoms with Crippen molar-refractivity contribution >= 4 is 11.9 Å². The van der Waals surface area contributed by atoms with Gasteiger partial charge >= 0.3 is 5.97 Å². The average molecular weight is 533 g/mol. The predicted octanol–water partition coefficient (Wildman–Crippen LogP) is 4.44. The van der Waals surface area contributed by atoms with Crippen LogP contribution in [0.15, 0.2) is 18.2 Å². The summed E-state index contributed by atoms with van der Waals surface area (Å²) in [5.41, 5.74) is 0.940. The van der Waals surface area contributed by atoms with Gasteiger partial charge in [0.05, 0.1) is 40.2 Å². The molecular formula is C30H50N3O5+. The Morgan fingerprint density at radius 2 is 1.82 bits per heavy atom. The zero-order chi connectivity index (χ0) is 27.9. The number of likely N-dealkylation sites (tertiary alicyclic amines) is 1. The number of carbonyl (C=O) groups excluding carboxylic acids is 1. The minimum Gasteiger partial charge on any atom is -0.481 e. The molecule has 1 N–H and O–H groups in total. The van der Waals surface area contributed by atoms with E-state index in [-0.39, 0.29) is 31.2 Å². The number of nitrogens with zero attached hydrogens (tertiary/aromatic N) is 3. The molecule has 0 aliphatic carbocycles. The van der Waals surface area contributed by atoms with Gasteiger partial charge in [0.2, 0.25) is 12.7 Å². The lowest BCUT2D eigenvalue weighted by molar-refractivity contribution is -0.870. The fourth-order valence-corrected chi connectivity index (χ4v) is 6.01. The Morgan fingerprint density at radius 3 is 2.47 bits per heavy atom. The number of amides is 1. The second-order valence-corrected chi connectivity index (χ2v) is 12.3. The van der Waals surface area contributed by atoms with Crippen LogP contribution in [-0.2, 0) is 9.59 Å². The van der Waals surface area contributed by atoms with E-state index in [1.807, 2.05) is 23.1 Å². The average Bonchev–Trinajstić information content (AvgIpc) is 3.45. The minimum atomic E-state index is -0.790. The number of aliphatic carboxylic acids is 1. The van der Waals surface area contributed by atoms with E-state index in [1.165, 1.54) is 0 Å². The molecule has 2 aliphatic heterocycles. The van der Waals surface area contributed by atoms with Gasteiger partial charge in [0, 0.05) is 38.0 Å². The molecule has 0 aromatic heterocycles. The number of carboxylic acids is 1. The summed E-state index contributed by atoms with van der Waals surface area (Å²) in [6, 6.07) is 5.58. The van der Waals surface area contributed by atoms with Crippen molar-refractivity contribution in [2.24, 2.45) is 11.8 Å². The van der Waals surface area contributed by atoms with Crippen molar-refractivity contribution in [3.05, 3.63) is 23.8 Å². The maximum Gasteiger partial charge on any atom is 0.308 e. The molecule has 4 unspecified atom stereocenters. The second kappa shape index (κ2) is 13.7. The van der Waals surface area contributed by atoms with Crippen LogP contribution in [0.2, 0.25) is 0 Å². The number of carbonyl (C=O) groups is 2. The maximum atomic E-state index is 13.7. The highest BCUT2D eigenvalue weighted by Crippen LogP contribution is 2.43. The summed E-state index contributed by atoms with van der Waals surface area (Å²) < 4.78 is 11.9. The van der Waals surface area contributed by atoms with Crippen LogP contribution >= 0.6 is 0 Å². The van der Waals surface area contributed by atoms with E-state index < -0.39 is 11.9 Å². The molecule has 1 aromatic carbocycles. The number of hydrogen-bond acceptors (Lipinski definition) is 5. The first-order valence-electron chi connectivity index (χ1n) is 14.5. The molecule has 1 fully saturated rings. The number of ether oxygens (including phenoxy) is 2. The van der Waals surface area contributed by atoms with E-state index in [0.717, 1.165) is 68.2 Å². The van der Waals surface area contributed by atoms with Crippen LogP contribution in [0.25, 0.3) is 0 Å². The molecule has 2 aliphatic rings.